The largest absolute Gasteiger partial charge is 0.467 e. The second kappa shape index (κ2) is 9.69. The van der Waals surface area contributed by atoms with Crippen LogP contribution in [0.2, 0.25) is 0 Å². The lowest BCUT2D eigenvalue weighted by atomic mass is 10.1. The highest BCUT2D eigenvalue weighted by molar-refractivity contribution is 7.92. The van der Waals surface area contributed by atoms with E-state index in [9.17, 15) is 18.0 Å². The van der Waals surface area contributed by atoms with Gasteiger partial charge in [0, 0.05) is 0 Å². The molecule has 1 aromatic heterocycles. The Kier molecular flexibility index (Phi) is 6.99. The molecule has 2 aromatic carbocycles. The molecule has 0 radical (unpaired) electrons. The molecule has 1 heterocycles. The van der Waals surface area contributed by atoms with E-state index in [4.69, 9.17) is 4.42 Å². The minimum Gasteiger partial charge on any atom is -0.467 e. The number of rotatable bonds is 8. The fraction of sp³-hybridized carbons (Fsp3) is 0.217. The van der Waals surface area contributed by atoms with Crippen molar-refractivity contribution >= 4 is 33.2 Å². The summed E-state index contributed by atoms with van der Waals surface area (Å²) in [6.45, 7) is 3.48. The number of carbonyl (C=O) groups excluding carboxylic acids is 2. The van der Waals surface area contributed by atoms with Crippen molar-refractivity contribution in [3.05, 3.63) is 83.3 Å². The number of para-hydroxylation sites is 1. The fourth-order valence-corrected chi connectivity index (χ4v) is 4.12. The molecule has 0 fully saturated rings. The summed E-state index contributed by atoms with van der Waals surface area (Å²) in [6.07, 6.45) is 2.56. The normalized spacial score (nSPS) is 11.1. The van der Waals surface area contributed by atoms with E-state index < -0.39 is 28.4 Å². The van der Waals surface area contributed by atoms with E-state index in [2.05, 4.69) is 10.6 Å². The third-order valence-electron chi connectivity index (χ3n) is 4.63. The lowest BCUT2D eigenvalue weighted by Gasteiger charge is -2.23. The molecule has 0 atom stereocenters. The first-order valence-corrected chi connectivity index (χ1v) is 11.7. The molecule has 32 heavy (non-hydrogen) atoms. The zero-order chi connectivity index (χ0) is 23.3. The predicted molar refractivity (Wildman–Crippen MR) is 123 cm³/mol. The SMILES string of the molecule is Cc1cc(C)cc(N(CC(=O)Nc2ccccc2C(=O)NCc2ccco2)S(C)(=O)=O)c1. The zero-order valence-corrected chi connectivity index (χ0v) is 18.9. The standard InChI is InChI=1S/C23H25N3O5S/c1-16-11-17(2)13-18(12-16)26(32(3,29)30)15-22(27)25-21-9-5-4-8-20(21)23(28)24-14-19-7-6-10-31-19/h4-13H,14-15H2,1-3H3,(H,24,28)(H,25,27). The van der Waals surface area contributed by atoms with Crippen LogP contribution in [0.15, 0.2) is 65.3 Å². The number of amides is 2. The van der Waals surface area contributed by atoms with Gasteiger partial charge in [-0.25, -0.2) is 8.42 Å². The minimum absolute atomic E-state index is 0.197. The van der Waals surface area contributed by atoms with Crippen molar-refractivity contribution in [3.63, 3.8) is 0 Å². The molecule has 168 valence electrons. The van der Waals surface area contributed by atoms with Gasteiger partial charge in [0.25, 0.3) is 5.91 Å². The average Bonchev–Trinajstić information content (AvgIpc) is 3.23. The fourth-order valence-electron chi connectivity index (χ4n) is 3.28. The summed E-state index contributed by atoms with van der Waals surface area (Å²) in [7, 11) is -3.72. The highest BCUT2D eigenvalue weighted by Gasteiger charge is 2.22. The summed E-state index contributed by atoms with van der Waals surface area (Å²) in [4.78, 5) is 25.4. The molecule has 0 spiro atoms. The number of sulfonamides is 1. The quantitative estimate of drug-likeness (QED) is 0.542. The van der Waals surface area contributed by atoms with Crippen LogP contribution in [0.3, 0.4) is 0 Å². The number of carbonyl (C=O) groups is 2. The highest BCUT2D eigenvalue weighted by Crippen LogP contribution is 2.22. The number of furan rings is 1. The Balaban J connectivity index is 1.76. The van der Waals surface area contributed by atoms with Crippen LogP contribution in [-0.2, 0) is 21.4 Å². The number of aryl methyl sites for hydroxylation is 2. The van der Waals surface area contributed by atoms with E-state index in [0.29, 0.717) is 11.4 Å². The topological polar surface area (TPSA) is 109 Å². The molecule has 0 saturated heterocycles. The van der Waals surface area contributed by atoms with Gasteiger partial charge in [0.2, 0.25) is 15.9 Å². The Bertz CT molecular complexity index is 1200. The highest BCUT2D eigenvalue weighted by atomic mass is 32.2. The van der Waals surface area contributed by atoms with E-state index in [-0.39, 0.29) is 17.8 Å². The Morgan fingerprint density at radius 2 is 1.69 bits per heavy atom. The molecule has 9 heteroatoms. The van der Waals surface area contributed by atoms with E-state index in [1.54, 1.807) is 48.5 Å². The maximum Gasteiger partial charge on any atom is 0.253 e. The van der Waals surface area contributed by atoms with Gasteiger partial charge in [-0.15, -0.1) is 0 Å². The number of benzene rings is 2. The van der Waals surface area contributed by atoms with Gasteiger partial charge >= 0.3 is 0 Å². The van der Waals surface area contributed by atoms with Gasteiger partial charge in [-0.3, -0.25) is 13.9 Å². The van der Waals surface area contributed by atoms with E-state index in [1.165, 1.54) is 6.26 Å². The van der Waals surface area contributed by atoms with Gasteiger partial charge in [-0.1, -0.05) is 18.2 Å². The summed E-state index contributed by atoms with van der Waals surface area (Å²) >= 11 is 0. The maximum atomic E-state index is 12.8. The summed E-state index contributed by atoms with van der Waals surface area (Å²) in [5.41, 5.74) is 2.71. The van der Waals surface area contributed by atoms with Gasteiger partial charge in [0.15, 0.2) is 0 Å². The second-order valence-electron chi connectivity index (χ2n) is 7.47. The predicted octanol–water partition coefficient (Wildman–Crippen LogP) is 3.23. The van der Waals surface area contributed by atoms with Crippen LogP contribution in [0.4, 0.5) is 11.4 Å². The monoisotopic (exact) mass is 455 g/mol. The first-order valence-electron chi connectivity index (χ1n) is 9.89. The van der Waals surface area contributed by atoms with Crippen molar-refractivity contribution in [2.45, 2.75) is 20.4 Å². The van der Waals surface area contributed by atoms with E-state index >= 15 is 0 Å². The smallest absolute Gasteiger partial charge is 0.253 e. The molecule has 3 aromatic rings. The lowest BCUT2D eigenvalue weighted by molar-refractivity contribution is -0.114. The van der Waals surface area contributed by atoms with E-state index in [1.807, 2.05) is 19.9 Å². The Morgan fingerprint density at radius 1 is 1.00 bits per heavy atom. The summed E-state index contributed by atoms with van der Waals surface area (Å²) < 4.78 is 31.0. The minimum atomic E-state index is -3.72. The molecule has 8 nitrogen and oxygen atoms in total. The maximum absolute atomic E-state index is 12.8. The van der Waals surface area contributed by atoms with Crippen molar-refractivity contribution in [2.75, 3.05) is 22.4 Å². The van der Waals surface area contributed by atoms with E-state index in [0.717, 1.165) is 21.7 Å². The third kappa shape index (κ3) is 5.98. The molecule has 2 N–H and O–H groups in total. The summed E-state index contributed by atoms with van der Waals surface area (Å²) in [6, 6.07) is 15.3. The summed E-state index contributed by atoms with van der Waals surface area (Å²) in [5.74, 6) is -0.371. The molecule has 0 bridgehead atoms. The molecule has 3 rings (SSSR count). The molecule has 0 aliphatic heterocycles. The molecule has 0 aliphatic rings. The Hall–Kier alpha value is -3.59. The van der Waals surface area contributed by atoms with Crippen LogP contribution in [-0.4, -0.2) is 33.0 Å². The van der Waals surface area contributed by atoms with Crippen LogP contribution < -0.4 is 14.9 Å². The van der Waals surface area contributed by atoms with Crippen LogP contribution in [0.1, 0.15) is 27.2 Å². The Labute approximate surface area is 187 Å². The second-order valence-corrected chi connectivity index (χ2v) is 9.38. The number of anilines is 2. The van der Waals surface area contributed by atoms with Gasteiger partial charge in [-0.05, 0) is 61.4 Å². The van der Waals surface area contributed by atoms with Crippen LogP contribution in [0.25, 0.3) is 0 Å². The van der Waals surface area contributed by atoms with Crippen molar-refractivity contribution in [1.29, 1.82) is 0 Å². The molecule has 0 unspecified atom stereocenters. The number of nitrogens with one attached hydrogen (secondary N) is 2. The average molecular weight is 456 g/mol. The van der Waals surface area contributed by atoms with Crippen molar-refractivity contribution in [2.24, 2.45) is 0 Å². The zero-order valence-electron chi connectivity index (χ0n) is 18.1. The molecular weight excluding hydrogens is 430 g/mol. The molecule has 0 aliphatic carbocycles. The van der Waals surface area contributed by atoms with Crippen LogP contribution in [0, 0.1) is 13.8 Å². The van der Waals surface area contributed by atoms with Crippen molar-refractivity contribution < 1.29 is 22.4 Å². The first-order chi connectivity index (χ1) is 15.1. The van der Waals surface area contributed by atoms with Gasteiger partial charge < -0.3 is 15.1 Å². The van der Waals surface area contributed by atoms with Gasteiger partial charge in [-0.2, -0.15) is 0 Å². The third-order valence-corrected chi connectivity index (χ3v) is 5.77. The lowest BCUT2D eigenvalue weighted by Crippen LogP contribution is -2.38. The van der Waals surface area contributed by atoms with Gasteiger partial charge in [0.1, 0.15) is 12.3 Å². The number of hydrogen-bond donors (Lipinski definition) is 2. The molecular formula is C23H25N3O5S. The van der Waals surface area contributed by atoms with Crippen LogP contribution >= 0.6 is 0 Å². The van der Waals surface area contributed by atoms with Crippen LogP contribution in [0.5, 0.6) is 0 Å². The van der Waals surface area contributed by atoms with Crippen molar-refractivity contribution in [1.82, 2.24) is 5.32 Å². The Morgan fingerprint density at radius 3 is 2.31 bits per heavy atom. The first kappa shape index (κ1) is 23.1. The number of hydrogen-bond acceptors (Lipinski definition) is 5. The summed E-state index contributed by atoms with van der Waals surface area (Å²) in [5, 5.41) is 5.38. The molecule has 0 saturated carbocycles. The molecule has 2 amide bonds. The van der Waals surface area contributed by atoms with Crippen molar-refractivity contribution in [3.8, 4) is 0 Å². The number of nitrogens with zero attached hydrogens (tertiary/aromatic N) is 1. The van der Waals surface area contributed by atoms with Gasteiger partial charge in [0.05, 0.1) is 36.0 Å².